The standard InChI is InChI=1S/C30H39N3O5/c1-6-19-18-32-15-12-20(19)16-26(32)27(22-11-13-31-24-10-9-21(36-5)17-23(22)24)37-28(34)25-8-7-14-33(25)29(35)38-30(2,3)4/h6,9-11,13,17,19-20,25-27H,1,7-8,12,14-16,18H2,2-5H3/t19-,20-,25+,26-,27+/m0/s1. The molecule has 4 saturated heterocycles. The molecule has 1 aromatic heterocycles. The van der Waals surface area contributed by atoms with Crippen molar-refractivity contribution in [3.05, 3.63) is 48.7 Å². The van der Waals surface area contributed by atoms with Crippen molar-refractivity contribution < 1.29 is 23.8 Å². The van der Waals surface area contributed by atoms with E-state index in [4.69, 9.17) is 14.2 Å². The first kappa shape index (κ1) is 26.5. The number of amides is 1. The summed E-state index contributed by atoms with van der Waals surface area (Å²) in [5.74, 6) is 1.30. The monoisotopic (exact) mass is 521 g/mol. The third-order valence-electron chi connectivity index (χ3n) is 8.19. The molecule has 2 aromatic rings. The number of ether oxygens (including phenoxy) is 3. The number of carbonyl (C=O) groups excluding carboxylic acids is 2. The Balaban J connectivity index is 1.48. The second kappa shape index (κ2) is 10.6. The molecule has 0 saturated carbocycles. The summed E-state index contributed by atoms with van der Waals surface area (Å²) in [6.45, 7) is 11.9. The number of rotatable bonds is 6. The third-order valence-corrected chi connectivity index (χ3v) is 8.19. The van der Waals surface area contributed by atoms with E-state index < -0.39 is 23.8 Å². The van der Waals surface area contributed by atoms with Crippen LogP contribution in [0.1, 0.15) is 58.1 Å². The lowest BCUT2D eigenvalue weighted by Crippen LogP contribution is -2.56. The second-order valence-corrected chi connectivity index (χ2v) is 11.7. The van der Waals surface area contributed by atoms with Crippen molar-refractivity contribution in [2.24, 2.45) is 11.8 Å². The van der Waals surface area contributed by atoms with Crippen molar-refractivity contribution in [2.45, 2.75) is 70.2 Å². The van der Waals surface area contributed by atoms with E-state index in [2.05, 4.69) is 22.5 Å². The number of hydrogen-bond donors (Lipinski definition) is 0. The maximum Gasteiger partial charge on any atom is 0.411 e. The Bertz CT molecular complexity index is 1210. The lowest BCUT2D eigenvalue weighted by molar-refractivity contribution is -0.162. The largest absolute Gasteiger partial charge is 0.497 e. The van der Waals surface area contributed by atoms with Gasteiger partial charge in [0.25, 0.3) is 0 Å². The van der Waals surface area contributed by atoms with Gasteiger partial charge in [0, 0.05) is 30.2 Å². The van der Waals surface area contributed by atoms with Gasteiger partial charge < -0.3 is 14.2 Å². The SMILES string of the molecule is C=C[C@H]1CN2CC[C@H]1C[C@H]2[C@H](OC(=O)[C@H]1CCCN1C(=O)OC(C)(C)C)c1ccnc2ccc(OC)cc12. The molecule has 4 aliphatic heterocycles. The van der Waals surface area contributed by atoms with Crippen molar-refractivity contribution in [1.29, 1.82) is 0 Å². The molecular weight excluding hydrogens is 482 g/mol. The van der Waals surface area contributed by atoms with Crippen molar-refractivity contribution in [3.8, 4) is 5.75 Å². The summed E-state index contributed by atoms with van der Waals surface area (Å²) in [4.78, 5) is 35.2. The van der Waals surface area contributed by atoms with Crippen LogP contribution in [0.25, 0.3) is 10.9 Å². The molecule has 1 aromatic carbocycles. The van der Waals surface area contributed by atoms with E-state index in [-0.39, 0.29) is 12.0 Å². The molecule has 0 spiro atoms. The number of benzene rings is 1. The quantitative estimate of drug-likeness (QED) is 0.385. The van der Waals surface area contributed by atoms with Gasteiger partial charge in [-0.3, -0.25) is 14.8 Å². The molecule has 8 nitrogen and oxygen atoms in total. The van der Waals surface area contributed by atoms with Gasteiger partial charge in [0.15, 0.2) is 0 Å². The summed E-state index contributed by atoms with van der Waals surface area (Å²) < 4.78 is 17.6. The number of piperidine rings is 3. The predicted octanol–water partition coefficient (Wildman–Crippen LogP) is 5.12. The van der Waals surface area contributed by atoms with Crippen LogP contribution in [0.15, 0.2) is 43.1 Å². The van der Waals surface area contributed by atoms with Gasteiger partial charge in [-0.25, -0.2) is 9.59 Å². The minimum atomic E-state index is -0.660. The van der Waals surface area contributed by atoms with E-state index in [9.17, 15) is 9.59 Å². The highest BCUT2D eigenvalue weighted by Crippen LogP contribution is 2.44. The number of methoxy groups -OCH3 is 1. The van der Waals surface area contributed by atoms with Gasteiger partial charge in [0.1, 0.15) is 23.5 Å². The fourth-order valence-electron chi connectivity index (χ4n) is 6.32. The number of likely N-dealkylation sites (tertiary alicyclic amines) is 1. The maximum absolute atomic E-state index is 13.8. The second-order valence-electron chi connectivity index (χ2n) is 11.7. The predicted molar refractivity (Wildman–Crippen MR) is 145 cm³/mol. The van der Waals surface area contributed by atoms with Gasteiger partial charge in [-0.05, 0) is 89.1 Å². The van der Waals surface area contributed by atoms with Gasteiger partial charge >= 0.3 is 12.1 Å². The zero-order valence-corrected chi connectivity index (χ0v) is 22.9. The molecule has 0 aliphatic carbocycles. The number of hydrogen-bond acceptors (Lipinski definition) is 7. The zero-order chi connectivity index (χ0) is 27.0. The molecule has 5 heterocycles. The molecule has 2 bridgehead atoms. The van der Waals surface area contributed by atoms with Crippen molar-refractivity contribution in [3.63, 3.8) is 0 Å². The van der Waals surface area contributed by atoms with Gasteiger partial charge in [-0.15, -0.1) is 6.58 Å². The highest BCUT2D eigenvalue weighted by atomic mass is 16.6. The zero-order valence-electron chi connectivity index (χ0n) is 22.9. The normalized spacial score (nSPS) is 27.7. The molecule has 8 heteroatoms. The Morgan fingerprint density at radius 3 is 2.68 bits per heavy atom. The number of nitrogens with zero attached hydrogens (tertiary/aromatic N) is 3. The first-order valence-corrected chi connectivity index (χ1v) is 13.7. The van der Waals surface area contributed by atoms with Crippen LogP contribution in [-0.4, -0.2) is 71.3 Å². The average Bonchev–Trinajstić information content (AvgIpc) is 3.41. The molecule has 4 aliphatic rings. The van der Waals surface area contributed by atoms with Crippen LogP contribution in [-0.2, 0) is 14.3 Å². The van der Waals surface area contributed by atoms with Gasteiger partial charge in [0.2, 0.25) is 0 Å². The average molecular weight is 522 g/mol. The molecule has 0 N–H and O–H groups in total. The minimum absolute atomic E-state index is 0.0297. The van der Waals surface area contributed by atoms with Gasteiger partial charge in [-0.1, -0.05) is 6.08 Å². The van der Waals surface area contributed by atoms with Crippen LogP contribution in [0.5, 0.6) is 5.75 Å². The van der Waals surface area contributed by atoms with E-state index >= 15 is 0 Å². The molecule has 38 heavy (non-hydrogen) atoms. The summed E-state index contributed by atoms with van der Waals surface area (Å²) in [5.41, 5.74) is 1.10. The van der Waals surface area contributed by atoms with E-state index in [1.807, 2.05) is 45.0 Å². The lowest BCUT2D eigenvalue weighted by atomic mass is 9.73. The maximum atomic E-state index is 13.8. The first-order chi connectivity index (χ1) is 18.2. The molecule has 204 valence electrons. The first-order valence-electron chi connectivity index (χ1n) is 13.7. The Hall–Kier alpha value is -3.13. The fourth-order valence-corrected chi connectivity index (χ4v) is 6.32. The fraction of sp³-hybridized carbons (Fsp3) is 0.567. The molecule has 4 fully saturated rings. The van der Waals surface area contributed by atoms with E-state index in [1.54, 1.807) is 13.3 Å². The molecule has 6 atom stereocenters. The number of aromatic nitrogens is 1. The Morgan fingerprint density at radius 2 is 2.00 bits per heavy atom. The van der Waals surface area contributed by atoms with Crippen LogP contribution in [0.2, 0.25) is 0 Å². The summed E-state index contributed by atoms with van der Waals surface area (Å²) in [6.07, 6.45) is 6.20. The van der Waals surface area contributed by atoms with E-state index in [0.29, 0.717) is 24.8 Å². The summed E-state index contributed by atoms with van der Waals surface area (Å²) in [7, 11) is 1.64. The lowest BCUT2D eigenvalue weighted by Gasteiger charge is -2.51. The number of fused-ring (bicyclic) bond motifs is 4. The summed E-state index contributed by atoms with van der Waals surface area (Å²) in [5, 5.41) is 0.906. The van der Waals surface area contributed by atoms with Crippen LogP contribution < -0.4 is 4.74 Å². The van der Waals surface area contributed by atoms with Crippen LogP contribution >= 0.6 is 0 Å². The number of carbonyl (C=O) groups is 2. The Morgan fingerprint density at radius 1 is 1.18 bits per heavy atom. The molecule has 0 radical (unpaired) electrons. The molecule has 6 rings (SSSR count). The topological polar surface area (TPSA) is 81.2 Å². The van der Waals surface area contributed by atoms with Crippen molar-refractivity contribution >= 4 is 23.0 Å². The van der Waals surface area contributed by atoms with Crippen LogP contribution in [0.4, 0.5) is 4.79 Å². The van der Waals surface area contributed by atoms with Crippen molar-refractivity contribution in [2.75, 3.05) is 26.7 Å². The van der Waals surface area contributed by atoms with E-state index in [0.717, 1.165) is 54.6 Å². The number of esters is 1. The van der Waals surface area contributed by atoms with Crippen LogP contribution in [0.3, 0.4) is 0 Å². The van der Waals surface area contributed by atoms with Crippen LogP contribution in [0, 0.1) is 11.8 Å². The third kappa shape index (κ3) is 5.23. The number of pyridine rings is 1. The highest BCUT2D eigenvalue weighted by molar-refractivity contribution is 5.85. The molecule has 1 unspecified atom stereocenters. The Labute approximate surface area is 224 Å². The van der Waals surface area contributed by atoms with Crippen molar-refractivity contribution in [1.82, 2.24) is 14.8 Å². The molecular formula is C30H39N3O5. The smallest absolute Gasteiger partial charge is 0.411 e. The van der Waals surface area contributed by atoms with Gasteiger partial charge in [0.05, 0.1) is 18.7 Å². The summed E-state index contributed by atoms with van der Waals surface area (Å²) in [6, 6.07) is 7.10. The van der Waals surface area contributed by atoms with E-state index in [1.165, 1.54) is 4.90 Å². The Kier molecular flexibility index (Phi) is 7.36. The minimum Gasteiger partial charge on any atom is -0.497 e. The summed E-state index contributed by atoms with van der Waals surface area (Å²) >= 11 is 0. The highest BCUT2D eigenvalue weighted by Gasteiger charge is 2.46. The molecule has 1 amide bonds. The van der Waals surface area contributed by atoms with Gasteiger partial charge in [-0.2, -0.15) is 0 Å².